The van der Waals surface area contributed by atoms with Gasteiger partial charge in [0, 0.05) is 37.7 Å². The van der Waals surface area contributed by atoms with Crippen molar-refractivity contribution in [2.75, 3.05) is 25.6 Å². The number of benzene rings is 2. The van der Waals surface area contributed by atoms with Crippen LogP contribution in [0.3, 0.4) is 0 Å². The first kappa shape index (κ1) is 26.1. The van der Waals surface area contributed by atoms with E-state index in [4.69, 9.17) is 9.47 Å². The summed E-state index contributed by atoms with van der Waals surface area (Å²) < 4.78 is 50.8. The lowest BCUT2D eigenvalue weighted by Crippen LogP contribution is -2.42. The summed E-state index contributed by atoms with van der Waals surface area (Å²) in [6.45, 7) is 0.683. The van der Waals surface area contributed by atoms with Gasteiger partial charge in [-0.25, -0.2) is 9.97 Å². The third kappa shape index (κ3) is 6.23. The second-order valence-corrected chi connectivity index (χ2v) is 8.72. The van der Waals surface area contributed by atoms with Crippen LogP contribution in [-0.4, -0.2) is 42.0 Å². The fraction of sp³-hybridized carbons (Fsp3) is 0.308. The molecule has 0 bridgehead atoms. The van der Waals surface area contributed by atoms with Crippen LogP contribution in [0.1, 0.15) is 34.3 Å². The normalized spacial score (nSPS) is 17.3. The van der Waals surface area contributed by atoms with Gasteiger partial charge in [-0.15, -0.1) is 0 Å². The first-order chi connectivity index (χ1) is 17.7. The van der Waals surface area contributed by atoms with Crippen molar-refractivity contribution in [3.05, 3.63) is 77.9 Å². The van der Waals surface area contributed by atoms with Gasteiger partial charge in [0.15, 0.2) is 5.78 Å². The van der Waals surface area contributed by atoms with Crippen LogP contribution in [-0.2, 0) is 22.3 Å². The van der Waals surface area contributed by atoms with Gasteiger partial charge in [-0.05, 0) is 42.3 Å². The highest BCUT2D eigenvalue weighted by atomic mass is 19.4. The van der Waals surface area contributed by atoms with E-state index in [1.165, 1.54) is 38.0 Å². The number of halogens is 3. The molecule has 0 spiro atoms. The Hall–Kier alpha value is -3.99. The minimum Gasteiger partial charge on any atom is -0.497 e. The molecule has 3 aromatic rings. The molecule has 4 rings (SSSR count). The zero-order valence-electron chi connectivity index (χ0n) is 20.0. The molecule has 0 radical (unpaired) electrons. The Morgan fingerprint density at radius 2 is 1.84 bits per heavy atom. The highest BCUT2D eigenvalue weighted by Crippen LogP contribution is 2.38. The van der Waals surface area contributed by atoms with Crippen molar-refractivity contribution >= 4 is 23.1 Å². The molecule has 2 aromatic carbocycles. The van der Waals surface area contributed by atoms with Crippen molar-refractivity contribution in [3.63, 3.8) is 0 Å². The number of methoxy groups -OCH3 is 1. The molecule has 8 nitrogen and oxygen atoms in total. The van der Waals surface area contributed by atoms with E-state index in [1.807, 2.05) is 0 Å². The zero-order valence-corrected chi connectivity index (χ0v) is 20.0. The average Bonchev–Trinajstić information content (AvgIpc) is 3.38. The van der Waals surface area contributed by atoms with E-state index in [1.54, 1.807) is 24.3 Å². The summed E-state index contributed by atoms with van der Waals surface area (Å²) in [5.74, 6) is -0.438. The van der Waals surface area contributed by atoms with Gasteiger partial charge in [0.05, 0.1) is 35.9 Å². The van der Waals surface area contributed by atoms with Gasteiger partial charge >= 0.3 is 6.18 Å². The third-order valence-electron chi connectivity index (χ3n) is 6.18. The molecule has 37 heavy (non-hydrogen) atoms. The Labute approximate surface area is 211 Å². The molecule has 0 saturated carbocycles. The smallest absolute Gasteiger partial charge is 0.418 e. The highest BCUT2D eigenvalue weighted by molar-refractivity contribution is 5.99. The molecule has 1 amide bonds. The van der Waals surface area contributed by atoms with Crippen LogP contribution in [0.25, 0.3) is 0 Å². The van der Waals surface area contributed by atoms with E-state index < -0.39 is 17.2 Å². The minimum absolute atomic E-state index is 0.0293. The standard InChI is InChI=1S/C26H25F3N4O4/c1-36-20-6-7-22(21(10-20)26(27,28)29)33-19-4-2-17(3-5-19)12-32-24(35)25(8-9-37-15-25)11-23(34)18-13-30-16-31-14-18/h2-7,10,13-14,16,33H,8-9,11-12,15H2,1H3,(H,32,35)/t25-/m0/s1. The quantitative estimate of drug-likeness (QED) is 0.404. The lowest BCUT2D eigenvalue weighted by atomic mass is 9.80. The van der Waals surface area contributed by atoms with Gasteiger partial charge in [-0.2, -0.15) is 13.2 Å². The van der Waals surface area contributed by atoms with Crippen LogP contribution in [0.4, 0.5) is 24.5 Å². The molecule has 2 N–H and O–H groups in total. The fourth-order valence-electron chi connectivity index (χ4n) is 4.08. The number of amides is 1. The van der Waals surface area contributed by atoms with E-state index >= 15 is 0 Å². The fourth-order valence-corrected chi connectivity index (χ4v) is 4.08. The van der Waals surface area contributed by atoms with Crippen molar-refractivity contribution in [2.45, 2.75) is 25.6 Å². The first-order valence-corrected chi connectivity index (χ1v) is 11.5. The van der Waals surface area contributed by atoms with Gasteiger partial charge < -0.3 is 20.1 Å². The predicted octanol–water partition coefficient (Wildman–Crippen LogP) is 4.54. The minimum atomic E-state index is -4.56. The molecule has 1 aliphatic rings. The average molecular weight is 515 g/mol. The van der Waals surface area contributed by atoms with Gasteiger partial charge in [0.1, 0.15) is 12.1 Å². The van der Waals surface area contributed by atoms with Crippen LogP contribution >= 0.6 is 0 Å². The van der Waals surface area contributed by atoms with Crippen LogP contribution < -0.4 is 15.4 Å². The number of Topliss-reactive ketones (excluding diaryl/α,β-unsaturated/α-hetero) is 1. The summed E-state index contributed by atoms with van der Waals surface area (Å²) >= 11 is 0. The molecular weight excluding hydrogens is 489 g/mol. The monoisotopic (exact) mass is 514 g/mol. The van der Waals surface area contributed by atoms with E-state index in [0.29, 0.717) is 24.3 Å². The number of aromatic nitrogens is 2. The molecule has 1 atom stereocenters. The summed E-state index contributed by atoms with van der Waals surface area (Å²) in [6, 6.07) is 10.3. The number of anilines is 2. The Balaban J connectivity index is 1.40. The molecular formula is C26H25F3N4O4. The number of rotatable bonds is 9. The zero-order chi connectivity index (χ0) is 26.5. The van der Waals surface area contributed by atoms with Crippen molar-refractivity contribution < 1.29 is 32.2 Å². The largest absolute Gasteiger partial charge is 0.497 e. The number of ketones is 1. The molecule has 194 valence electrons. The van der Waals surface area contributed by atoms with Crippen molar-refractivity contribution in [2.24, 2.45) is 5.41 Å². The number of alkyl halides is 3. The first-order valence-electron chi connectivity index (χ1n) is 11.5. The predicted molar refractivity (Wildman–Crippen MR) is 128 cm³/mol. The SMILES string of the molecule is COc1ccc(Nc2ccc(CNC(=O)[C@]3(CC(=O)c4cncnc4)CCOC3)cc2)c(C(F)(F)F)c1. The molecule has 1 fully saturated rings. The van der Waals surface area contributed by atoms with Crippen molar-refractivity contribution in [1.82, 2.24) is 15.3 Å². The van der Waals surface area contributed by atoms with E-state index in [9.17, 15) is 22.8 Å². The maximum absolute atomic E-state index is 13.5. The summed E-state index contributed by atoms with van der Waals surface area (Å²) in [5, 5.41) is 5.65. The summed E-state index contributed by atoms with van der Waals surface area (Å²) in [4.78, 5) is 33.5. The Bertz CT molecular complexity index is 1240. The van der Waals surface area contributed by atoms with Crippen molar-refractivity contribution in [3.8, 4) is 5.75 Å². The molecule has 1 aromatic heterocycles. The van der Waals surface area contributed by atoms with Crippen LogP contribution in [0, 0.1) is 5.41 Å². The number of carbonyl (C=O) groups is 2. The number of hydrogen-bond donors (Lipinski definition) is 2. The van der Waals surface area contributed by atoms with Gasteiger partial charge in [0.2, 0.25) is 5.91 Å². The maximum atomic E-state index is 13.5. The number of carbonyl (C=O) groups excluding carboxylic acids is 2. The molecule has 0 aliphatic carbocycles. The van der Waals surface area contributed by atoms with Crippen molar-refractivity contribution in [1.29, 1.82) is 0 Å². The van der Waals surface area contributed by atoms with Crippen LogP contribution in [0.5, 0.6) is 5.75 Å². The number of nitrogens with one attached hydrogen (secondary N) is 2. The molecule has 2 heterocycles. The summed E-state index contributed by atoms with van der Waals surface area (Å²) in [6.07, 6.45) is -0.0320. The molecule has 1 aliphatic heterocycles. The number of ether oxygens (including phenoxy) is 2. The van der Waals surface area contributed by atoms with Gasteiger partial charge in [0.25, 0.3) is 0 Å². The molecule has 1 saturated heterocycles. The van der Waals surface area contributed by atoms with Gasteiger partial charge in [-0.3, -0.25) is 9.59 Å². The molecule has 0 unspecified atom stereocenters. The Morgan fingerprint density at radius 1 is 1.11 bits per heavy atom. The number of hydrogen-bond acceptors (Lipinski definition) is 7. The lowest BCUT2D eigenvalue weighted by molar-refractivity contribution is -0.137. The Kier molecular flexibility index (Phi) is 7.72. The topological polar surface area (TPSA) is 102 Å². The highest BCUT2D eigenvalue weighted by Gasteiger charge is 2.44. The van der Waals surface area contributed by atoms with Crippen LogP contribution in [0.2, 0.25) is 0 Å². The maximum Gasteiger partial charge on any atom is 0.418 e. The lowest BCUT2D eigenvalue weighted by Gasteiger charge is -2.25. The third-order valence-corrected chi connectivity index (χ3v) is 6.18. The summed E-state index contributed by atoms with van der Waals surface area (Å²) in [5.41, 5.74) is -0.426. The van der Waals surface area contributed by atoms with E-state index in [0.717, 1.165) is 11.6 Å². The summed E-state index contributed by atoms with van der Waals surface area (Å²) in [7, 11) is 1.30. The molecule has 11 heteroatoms. The van der Waals surface area contributed by atoms with E-state index in [2.05, 4.69) is 20.6 Å². The van der Waals surface area contributed by atoms with E-state index in [-0.39, 0.29) is 42.7 Å². The van der Waals surface area contributed by atoms with Gasteiger partial charge in [-0.1, -0.05) is 12.1 Å². The Morgan fingerprint density at radius 3 is 2.46 bits per heavy atom. The van der Waals surface area contributed by atoms with Crippen LogP contribution in [0.15, 0.2) is 61.2 Å². The second-order valence-electron chi connectivity index (χ2n) is 8.72. The number of nitrogens with zero attached hydrogens (tertiary/aromatic N) is 2. The second kappa shape index (κ2) is 11.0.